The van der Waals surface area contributed by atoms with Crippen LogP contribution in [0.25, 0.3) is 0 Å². The van der Waals surface area contributed by atoms with Gasteiger partial charge in [-0.1, -0.05) is 6.07 Å². The maximum absolute atomic E-state index is 10.1. The number of benzene rings is 1. The van der Waals surface area contributed by atoms with E-state index in [2.05, 4.69) is 0 Å². The molecule has 0 aliphatic heterocycles. The van der Waals surface area contributed by atoms with Gasteiger partial charge in [0.15, 0.2) is 17.1 Å². The summed E-state index contributed by atoms with van der Waals surface area (Å²) in [5, 5.41) is 19.1. The van der Waals surface area contributed by atoms with Crippen LogP contribution >= 0.6 is 0 Å². The molecular formula is C12H13NO3. The largest absolute Gasteiger partial charge is 0.493 e. The summed E-state index contributed by atoms with van der Waals surface area (Å²) in [6.07, 6.45) is 1.03. The molecule has 1 aromatic carbocycles. The Kier molecular flexibility index (Phi) is 2.49. The maximum Gasteiger partial charge on any atom is 0.177 e. The van der Waals surface area contributed by atoms with Crippen LogP contribution in [-0.2, 0) is 12.0 Å². The van der Waals surface area contributed by atoms with Crippen molar-refractivity contribution >= 4 is 0 Å². The molecule has 0 heterocycles. The maximum atomic E-state index is 10.1. The van der Waals surface area contributed by atoms with Crippen LogP contribution in [0.5, 0.6) is 11.5 Å². The molecule has 1 aliphatic rings. The van der Waals surface area contributed by atoms with Gasteiger partial charge in [-0.2, -0.15) is 5.26 Å². The van der Waals surface area contributed by atoms with Crippen LogP contribution in [0, 0.1) is 11.3 Å². The fraction of sp³-hybridized carbons (Fsp3) is 0.417. The number of rotatable bonds is 2. The molecule has 0 amide bonds. The van der Waals surface area contributed by atoms with Crippen molar-refractivity contribution in [3.05, 3.63) is 23.3 Å². The van der Waals surface area contributed by atoms with Gasteiger partial charge in [-0.3, -0.25) is 0 Å². The van der Waals surface area contributed by atoms with Crippen molar-refractivity contribution in [2.24, 2.45) is 0 Å². The first kappa shape index (κ1) is 10.8. The van der Waals surface area contributed by atoms with E-state index < -0.39 is 5.60 Å². The number of aliphatic hydroxyl groups is 1. The van der Waals surface area contributed by atoms with Crippen LogP contribution in [0.15, 0.2) is 12.1 Å². The van der Waals surface area contributed by atoms with Crippen LogP contribution < -0.4 is 9.47 Å². The Labute approximate surface area is 94.0 Å². The molecule has 1 atom stereocenters. The molecule has 1 aromatic rings. The Balaban J connectivity index is 2.62. The average Bonchev–Trinajstić information content (AvgIpc) is 2.67. The van der Waals surface area contributed by atoms with Crippen LogP contribution in [0.3, 0.4) is 0 Å². The second-order valence-electron chi connectivity index (χ2n) is 3.80. The molecule has 4 nitrogen and oxygen atoms in total. The quantitative estimate of drug-likeness (QED) is 0.763. The Morgan fingerprint density at radius 2 is 2.12 bits per heavy atom. The minimum absolute atomic E-state index is 0.405. The van der Waals surface area contributed by atoms with Crippen molar-refractivity contribution in [2.75, 3.05) is 14.2 Å². The summed E-state index contributed by atoms with van der Waals surface area (Å²) < 4.78 is 10.4. The molecule has 0 bridgehead atoms. The van der Waals surface area contributed by atoms with Gasteiger partial charge in [-0.25, -0.2) is 0 Å². The summed E-state index contributed by atoms with van der Waals surface area (Å²) in [5.41, 5.74) is 0.119. The zero-order valence-corrected chi connectivity index (χ0v) is 9.28. The zero-order chi connectivity index (χ0) is 11.8. The van der Waals surface area contributed by atoms with E-state index in [1.54, 1.807) is 26.4 Å². The number of hydrogen-bond donors (Lipinski definition) is 1. The van der Waals surface area contributed by atoms with E-state index in [0.29, 0.717) is 29.9 Å². The lowest BCUT2D eigenvalue weighted by Gasteiger charge is -2.16. The molecule has 0 saturated heterocycles. The summed E-state index contributed by atoms with van der Waals surface area (Å²) in [5.74, 6) is 1.25. The minimum atomic E-state index is -1.38. The van der Waals surface area contributed by atoms with Gasteiger partial charge in [-0.05, 0) is 18.9 Å². The first-order valence-electron chi connectivity index (χ1n) is 5.04. The van der Waals surface area contributed by atoms with Gasteiger partial charge in [0, 0.05) is 11.1 Å². The lowest BCUT2D eigenvalue weighted by Crippen LogP contribution is -2.19. The second-order valence-corrected chi connectivity index (χ2v) is 3.80. The summed E-state index contributed by atoms with van der Waals surface area (Å²) in [7, 11) is 3.12. The normalized spacial score (nSPS) is 22.4. The summed E-state index contributed by atoms with van der Waals surface area (Å²) >= 11 is 0. The molecule has 0 spiro atoms. The molecule has 2 rings (SSSR count). The van der Waals surface area contributed by atoms with Crippen LogP contribution in [-0.4, -0.2) is 19.3 Å². The summed E-state index contributed by atoms with van der Waals surface area (Å²) in [6.45, 7) is 0. The molecule has 0 aromatic heterocycles. The third kappa shape index (κ3) is 1.33. The third-order valence-corrected chi connectivity index (χ3v) is 3.02. The first-order valence-corrected chi connectivity index (χ1v) is 5.04. The fourth-order valence-electron chi connectivity index (χ4n) is 2.18. The number of ether oxygens (including phenoxy) is 2. The smallest absolute Gasteiger partial charge is 0.177 e. The van der Waals surface area contributed by atoms with Crippen molar-refractivity contribution in [3.63, 3.8) is 0 Å². The first-order chi connectivity index (χ1) is 7.66. The van der Waals surface area contributed by atoms with Crippen molar-refractivity contribution in [1.29, 1.82) is 5.26 Å². The molecule has 0 saturated carbocycles. The van der Waals surface area contributed by atoms with E-state index >= 15 is 0 Å². The van der Waals surface area contributed by atoms with Crippen molar-refractivity contribution < 1.29 is 14.6 Å². The molecule has 1 unspecified atom stereocenters. The highest BCUT2D eigenvalue weighted by Crippen LogP contribution is 2.44. The average molecular weight is 219 g/mol. The predicted molar refractivity (Wildman–Crippen MR) is 57.4 cm³/mol. The van der Waals surface area contributed by atoms with E-state index in [1.165, 1.54) is 0 Å². The highest BCUT2D eigenvalue weighted by molar-refractivity contribution is 5.56. The van der Waals surface area contributed by atoms with Crippen molar-refractivity contribution in [3.8, 4) is 17.6 Å². The number of methoxy groups -OCH3 is 2. The van der Waals surface area contributed by atoms with Crippen LogP contribution in [0.1, 0.15) is 17.5 Å². The van der Waals surface area contributed by atoms with E-state index in [9.17, 15) is 5.11 Å². The standard InChI is InChI=1S/C12H13NO3/c1-15-10-4-3-9-8(11(10)16-2)5-6-12(9,14)7-13/h3-4,14H,5-6H2,1-2H3. The molecule has 0 radical (unpaired) electrons. The van der Waals surface area contributed by atoms with E-state index in [4.69, 9.17) is 14.7 Å². The van der Waals surface area contributed by atoms with E-state index in [1.807, 2.05) is 6.07 Å². The molecule has 16 heavy (non-hydrogen) atoms. The van der Waals surface area contributed by atoms with Gasteiger partial charge in [-0.15, -0.1) is 0 Å². The lowest BCUT2D eigenvalue weighted by atomic mass is 9.97. The predicted octanol–water partition coefficient (Wildman–Crippen LogP) is 1.36. The Hall–Kier alpha value is -1.73. The van der Waals surface area contributed by atoms with Gasteiger partial charge in [0.25, 0.3) is 0 Å². The van der Waals surface area contributed by atoms with Crippen molar-refractivity contribution in [2.45, 2.75) is 18.4 Å². The summed E-state index contributed by atoms with van der Waals surface area (Å²) in [6, 6.07) is 5.39. The highest BCUT2D eigenvalue weighted by atomic mass is 16.5. The van der Waals surface area contributed by atoms with Crippen LogP contribution in [0.2, 0.25) is 0 Å². The second kappa shape index (κ2) is 3.69. The van der Waals surface area contributed by atoms with Gasteiger partial charge >= 0.3 is 0 Å². The summed E-state index contributed by atoms with van der Waals surface area (Å²) in [4.78, 5) is 0. The number of hydrogen-bond acceptors (Lipinski definition) is 4. The number of nitrogens with zero attached hydrogens (tertiary/aromatic N) is 1. The lowest BCUT2D eigenvalue weighted by molar-refractivity contribution is 0.0999. The minimum Gasteiger partial charge on any atom is -0.493 e. The molecule has 1 aliphatic carbocycles. The van der Waals surface area contributed by atoms with Gasteiger partial charge in [0.2, 0.25) is 0 Å². The van der Waals surface area contributed by atoms with Gasteiger partial charge < -0.3 is 14.6 Å². The molecular weight excluding hydrogens is 206 g/mol. The Morgan fingerprint density at radius 3 is 2.69 bits per heavy atom. The van der Waals surface area contributed by atoms with E-state index in [0.717, 1.165) is 5.56 Å². The monoisotopic (exact) mass is 219 g/mol. The fourth-order valence-corrected chi connectivity index (χ4v) is 2.18. The van der Waals surface area contributed by atoms with Crippen LogP contribution in [0.4, 0.5) is 0 Å². The molecule has 0 fully saturated rings. The Morgan fingerprint density at radius 1 is 1.38 bits per heavy atom. The molecule has 84 valence electrons. The SMILES string of the molecule is COc1ccc2c(c1OC)CCC2(O)C#N. The number of fused-ring (bicyclic) bond motifs is 1. The van der Waals surface area contributed by atoms with Gasteiger partial charge in [0.05, 0.1) is 14.2 Å². The van der Waals surface area contributed by atoms with Gasteiger partial charge in [0.1, 0.15) is 6.07 Å². The Bertz CT molecular complexity index is 464. The molecule has 4 heteroatoms. The topological polar surface area (TPSA) is 62.5 Å². The number of nitriles is 1. The van der Waals surface area contributed by atoms with Crippen molar-refractivity contribution in [1.82, 2.24) is 0 Å². The van der Waals surface area contributed by atoms with E-state index in [-0.39, 0.29) is 0 Å². The molecule has 1 N–H and O–H groups in total. The highest BCUT2D eigenvalue weighted by Gasteiger charge is 2.39. The third-order valence-electron chi connectivity index (χ3n) is 3.02. The zero-order valence-electron chi connectivity index (χ0n) is 9.28.